The Morgan fingerprint density at radius 3 is 2.83 bits per heavy atom. The standard InChI is InChI=1S/C9H12ClN3O4S/c1-17-9(14)3-2-4-18(15,16)13-8-5-7(10)11-6-12-8/h5-6H,2-4H2,1H3,(H,11,12,13). The first-order valence-electron chi connectivity index (χ1n) is 4.98. The number of anilines is 1. The lowest BCUT2D eigenvalue weighted by Crippen LogP contribution is -2.18. The molecule has 1 aromatic heterocycles. The highest BCUT2D eigenvalue weighted by Gasteiger charge is 2.12. The van der Waals surface area contributed by atoms with Gasteiger partial charge in [0.05, 0.1) is 12.9 Å². The van der Waals surface area contributed by atoms with Crippen LogP contribution < -0.4 is 4.72 Å². The van der Waals surface area contributed by atoms with Gasteiger partial charge in [-0.3, -0.25) is 9.52 Å². The average Bonchev–Trinajstić information content (AvgIpc) is 2.27. The Morgan fingerprint density at radius 2 is 2.22 bits per heavy atom. The van der Waals surface area contributed by atoms with E-state index in [9.17, 15) is 13.2 Å². The maximum absolute atomic E-state index is 11.6. The second kappa shape index (κ2) is 6.50. The number of esters is 1. The van der Waals surface area contributed by atoms with Crippen LogP contribution in [-0.4, -0.2) is 37.2 Å². The van der Waals surface area contributed by atoms with Gasteiger partial charge in [0.1, 0.15) is 17.3 Å². The fourth-order valence-electron chi connectivity index (χ4n) is 1.11. The highest BCUT2D eigenvalue weighted by atomic mass is 35.5. The Morgan fingerprint density at radius 1 is 1.50 bits per heavy atom. The maximum Gasteiger partial charge on any atom is 0.305 e. The molecule has 100 valence electrons. The molecule has 18 heavy (non-hydrogen) atoms. The van der Waals surface area contributed by atoms with Gasteiger partial charge in [0, 0.05) is 12.5 Å². The molecule has 0 atom stereocenters. The van der Waals surface area contributed by atoms with Crippen LogP contribution in [0.15, 0.2) is 12.4 Å². The van der Waals surface area contributed by atoms with E-state index in [1.165, 1.54) is 13.2 Å². The molecular weight excluding hydrogens is 282 g/mol. The van der Waals surface area contributed by atoms with E-state index in [1.807, 2.05) is 0 Å². The zero-order valence-electron chi connectivity index (χ0n) is 9.59. The molecule has 0 unspecified atom stereocenters. The number of nitrogens with zero attached hydrogens (tertiary/aromatic N) is 2. The van der Waals surface area contributed by atoms with Crippen LogP contribution in [0, 0.1) is 0 Å². The van der Waals surface area contributed by atoms with Gasteiger partial charge in [0.15, 0.2) is 0 Å². The Bertz CT molecular complexity index is 520. The Hall–Kier alpha value is -1.41. The van der Waals surface area contributed by atoms with Crippen molar-refractivity contribution in [2.45, 2.75) is 12.8 Å². The van der Waals surface area contributed by atoms with Crippen molar-refractivity contribution in [2.75, 3.05) is 17.6 Å². The van der Waals surface area contributed by atoms with Crippen molar-refractivity contribution in [1.29, 1.82) is 0 Å². The van der Waals surface area contributed by atoms with Crippen molar-refractivity contribution in [1.82, 2.24) is 9.97 Å². The third-order valence-electron chi connectivity index (χ3n) is 1.92. The molecule has 0 aliphatic carbocycles. The number of hydrogen-bond donors (Lipinski definition) is 1. The lowest BCUT2D eigenvalue weighted by atomic mass is 10.3. The molecule has 0 aliphatic rings. The molecule has 0 amide bonds. The van der Waals surface area contributed by atoms with E-state index in [0.29, 0.717) is 0 Å². The smallest absolute Gasteiger partial charge is 0.305 e. The fourth-order valence-corrected chi connectivity index (χ4v) is 2.31. The topological polar surface area (TPSA) is 98.2 Å². The monoisotopic (exact) mass is 293 g/mol. The van der Waals surface area contributed by atoms with Crippen molar-refractivity contribution in [3.05, 3.63) is 17.5 Å². The molecule has 0 saturated carbocycles. The summed E-state index contributed by atoms with van der Waals surface area (Å²) in [5.74, 6) is -0.563. The summed E-state index contributed by atoms with van der Waals surface area (Å²) in [5.41, 5.74) is 0. The molecular formula is C9H12ClN3O4S. The highest BCUT2D eigenvalue weighted by Crippen LogP contribution is 2.11. The first-order valence-corrected chi connectivity index (χ1v) is 7.01. The minimum absolute atomic E-state index is 0.0436. The van der Waals surface area contributed by atoms with Gasteiger partial charge >= 0.3 is 5.97 Å². The number of carbonyl (C=O) groups excluding carboxylic acids is 1. The lowest BCUT2D eigenvalue weighted by Gasteiger charge is -2.06. The number of ether oxygens (including phenoxy) is 1. The van der Waals surface area contributed by atoms with Gasteiger partial charge in [0.25, 0.3) is 0 Å². The summed E-state index contributed by atoms with van der Waals surface area (Å²) >= 11 is 5.59. The van der Waals surface area contributed by atoms with Crippen molar-refractivity contribution < 1.29 is 17.9 Å². The normalized spacial score (nSPS) is 11.0. The van der Waals surface area contributed by atoms with Crippen LogP contribution in [0.5, 0.6) is 0 Å². The molecule has 1 N–H and O–H groups in total. The van der Waals surface area contributed by atoms with Gasteiger partial charge in [-0.1, -0.05) is 11.6 Å². The molecule has 0 bridgehead atoms. The number of halogens is 1. The van der Waals surface area contributed by atoms with Crippen LogP contribution in [0.2, 0.25) is 5.15 Å². The maximum atomic E-state index is 11.6. The first kappa shape index (κ1) is 14.7. The van der Waals surface area contributed by atoms with E-state index >= 15 is 0 Å². The van der Waals surface area contributed by atoms with Gasteiger partial charge in [-0.25, -0.2) is 18.4 Å². The molecule has 1 aromatic rings. The summed E-state index contributed by atoms with van der Waals surface area (Å²) in [5, 5.41) is 0.136. The van der Waals surface area contributed by atoms with Crippen LogP contribution >= 0.6 is 11.6 Å². The second-order valence-electron chi connectivity index (χ2n) is 3.33. The average molecular weight is 294 g/mol. The summed E-state index contributed by atoms with van der Waals surface area (Å²) in [4.78, 5) is 18.2. The molecule has 0 saturated heterocycles. The summed E-state index contributed by atoms with van der Waals surface area (Å²) in [7, 11) is -2.31. The number of rotatable bonds is 6. The summed E-state index contributed by atoms with van der Waals surface area (Å²) in [6.07, 6.45) is 1.36. The zero-order chi connectivity index (χ0) is 13.6. The quantitative estimate of drug-likeness (QED) is 0.616. The van der Waals surface area contributed by atoms with Crippen LogP contribution in [0.3, 0.4) is 0 Å². The van der Waals surface area contributed by atoms with E-state index in [2.05, 4.69) is 19.4 Å². The van der Waals surface area contributed by atoms with Gasteiger partial charge in [-0.2, -0.15) is 0 Å². The van der Waals surface area contributed by atoms with Gasteiger partial charge < -0.3 is 4.74 Å². The number of nitrogens with one attached hydrogen (secondary N) is 1. The predicted octanol–water partition coefficient (Wildman–Crippen LogP) is 0.825. The van der Waals surface area contributed by atoms with E-state index in [-0.39, 0.29) is 29.6 Å². The van der Waals surface area contributed by atoms with Crippen molar-refractivity contribution in [3.8, 4) is 0 Å². The third kappa shape index (κ3) is 5.28. The van der Waals surface area contributed by atoms with Crippen molar-refractivity contribution >= 4 is 33.4 Å². The minimum atomic E-state index is -3.56. The lowest BCUT2D eigenvalue weighted by molar-refractivity contribution is -0.140. The minimum Gasteiger partial charge on any atom is -0.469 e. The zero-order valence-corrected chi connectivity index (χ0v) is 11.2. The van der Waals surface area contributed by atoms with Crippen LogP contribution in [-0.2, 0) is 19.6 Å². The Kier molecular flexibility index (Phi) is 5.29. The van der Waals surface area contributed by atoms with Crippen molar-refractivity contribution in [2.24, 2.45) is 0 Å². The number of sulfonamides is 1. The van der Waals surface area contributed by atoms with E-state index in [4.69, 9.17) is 11.6 Å². The molecule has 7 nitrogen and oxygen atoms in total. The number of methoxy groups -OCH3 is 1. The summed E-state index contributed by atoms with van der Waals surface area (Å²) < 4.78 is 29.9. The molecule has 0 aliphatic heterocycles. The highest BCUT2D eigenvalue weighted by molar-refractivity contribution is 7.92. The van der Waals surface area contributed by atoms with Crippen LogP contribution in [0.4, 0.5) is 5.82 Å². The Balaban J connectivity index is 2.52. The number of aromatic nitrogens is 2. The molecule has 9 heteroatoms. The van der Waals surface area contributed by atoms with Gasteiger partial charge in [0.2, 0.25) is 10.0 Å². The number of hydrogen-bond acceptors (Lipinski definition) is 6. The third-order valence-corrected chi connectivity index (χ3v) is 3.47. The molecule has 0 aromatic carbocycles. The molecule has 0 spiro atoms. The van der Waals surface area contributed by atoms with Crippen molar-refractivity contribution in [3.63, 3.8) is 0 Å². The molecule has 0 radical (unpaired) electrons. The molecule has 0 fully saturated rings. The fraction of sp³-hybridized carbons (Fsp3) is 0.444. The van der Waals surface area contributed by atoms with Crippen LogP contribution in [0.1, 0.15) is 12.8 Å². The Labute approximate surface area is 110 Å². The molecule has 1 heterocycles. The van der Waals surface area contributed by atoms with E-state index < -0.39 is 16.0 Å². The van der Waals surface area contributed by atoms with Gasteiger partial charge in [-0.15, -0.1) is 0 Å². The van der Waals surface area contributed by atoms with E-state index in [0.717, 1.165) is 6.33 Å². The number of carbonyl (C=O) groups is 1. The summed E-state index contributed by atoms with van der Waals surface area (Å²) in [6, 6.07) is 1.29. The second-order valence-corrected chi connectivity index (χ2v) is 5.56. The van der Waals surface area contributed by atoms with Crippen LogP contribution in [0.25, 0.3) is 0 Å². The molecule has 1 rings (SSSR count). The van der Waals surface area contributed by atoms with E-state index in [1.54, 1.807) is 0 Å². The predicted molar refractivity (Wildman–Crippen MR) is 65.7 cm³/mol. The SMILES string of the molecule is COC(=O)CCCS(=O)(=O)Nc1cc(Cl)ncn1. The summed E-state index contributed by atoms with van der Waals surface area (Å²) in [6.45, 7) is 0. The largest absolute Gasteiger partial charge is 0.469 e. The first-order chi connectivity index (χ1) is 8.43. The van der Waals surface area contributed by atoms with Gasteiger partial charge in [-0.05, 0) is 6.42 Å².